The van der Waals surface area contributed by atoms with Crippen molar-refractivity contribution in [3.8, 4) is 5.75 Å². The monoisotopic (exact) mass is 462 g/mol. The van der Waals surface area contributed by atoms with Gasteiger partial charge in [0, 0.05) is 34.1 Å². The fourth-order valence-electron chi connectivity index (χ4n) is 2.33. The van der Waals surface area contributed by atoms with E-state index in [-0.39, 0.29) is 30.6 Å². The van der Waals surface area contributed by atoms with E-state index >= 15 is 0 Å². The lowest BCUT2D eigenvalue weighted by molar-refractivity contribution is -0.0964. The molecule has 0 aliphatic heterocycles. The normalized spacial score (nSPS) is 12.5. The van der Waals surface area contributed by atoms with Crippen LogP contribution in [0.25, 0.3) is 0 Å². The lowest BCUT2D eigenvalue weighted by Crippen LogP contribution is -2.20. The van der Waals surface area contributed by atoms with Crippen molar-refractivity contribution >= 4 is 44.7 Å². The molecule has 2 aromatic rings. The highest BCUT2D eigenvalue weighted by Crippen LogP contribution is 2.32. The number of benzene rings is 2. The van der Waals surface area contributed by atoms with Crippen LogP contribution in [0.1, 0.15) is 22.8 Å². The molecule has 9 heteroatoms. The van der Waals surface area contributed by atoms with Gasteiger partial charge >= 0.3 is 5.57 Å². The van der Waals surface area contributed by atoms with Crippen LogP contribution in [0.2, 0.25) is 0 Å². The number of nitrogen functional groups attached to an aromatic ring is 1. The lowest BCUT2D eigenvalue weighted by atomic mass is 10.0. The maximum Gasteiger partial charge on any atom is 0.487 e. The predicted octanol–water partition coefficient (Wildman–Crippen LogP) is 4.42. The van der Waals surface area contributed by atoms with Gasteiger partial charge in [-0.15, -0.1) is 8.78 Å². The summed E-state index contributed by atoms with van der Waals surface area (Å²) in [7, 11) is 0. The summed E-state index contributed by atoms with van der Waals surface area (Å²) in [5, 5.41) is 12.2. The summed E-state index contributed by atoms with van der Waals surface area (Å²) in [5.74, 6) is -0.299. The van der Waals surface area contributed by atoms with Gasteiger partial charge in [0.1, 0.15) is 5.75 Å². The van der Waals surface area contributed by atoms with Gasteiger partial charge in [-0.25, -0.2) is 0 Å². The van der Waals surface area contributed by atoms with E-state index in [0.717, 1.165) is 0 Å². The van der Waals surface area contributed by atoms with Crippen LogP contribution in [0.15, 0.2) is 40.9 Å². The zero-order valence-electron chi connectivity index (χ0n) is 14.3. The summed E-state index contributed by atoms with van der Waals surface area (Å²) in [5.41, 5.74) is 4.20. The number of carbonyl (C=O) groups excluding carboxylic acids is 1. The molecule has 0 radical (unpaired) electrons. The Hall–Kier alpha value is -1.90. The largest absolute Gasteiger partial charge is 0.487 e. The van der Waals surface area contributed by atoms with Crippen LogP contribution >= 0.6 is 27.5 Å². The van der Waals surface area contributed by atoms with Gasteiger partial charge in [0.25, 0.3) is 0 Å². The number of aliphatic hydroxyl groups excluding tert-OH is 1. The van der Waals surface area contributed by atoms with Crippen molar-refractivity contribution in [3.63, 3.8) is 0 Å². The molecule has 27 heavy (non-hydrogen) atoms. The van der Waals surface area contributed by atoms with Gasteiger partial charge in [-0.1, -0.05) is 12.1 Å². The number of alkyl halides is 3. The van der Waals surface area contributed by atoms with Gasteiger partial charge < -0.3 is 20.9 Å². The molecule has 1 unspecified atom stereocenters. The molecule has 1 atom stereocenters. The SMILES string of the molecule is CC(CO)Nc1c(N)cc(C(=O)Cc2ccc(OC(F)(F)Cl)cc2)cc1Br. The van der Waals surface area contributed by atoms with Crippen LogP contribution in [-0.2, 0) is 6.42 Å². The average molecular weight is 464 g/mol. The van der Waals surface area contributed by atoms with Crippen molar-refractivity contribution in [2.75, 3.05) is 17.7 Å². The topological polar surface area (TPSA) is 84.6 Å². The Labute approximate surface area is 168 Å². The number of nitrogens with one attached hydrogen (secondary N) is 1. The Balaban J connectivity index is 2.12. The number of anilines is 2. The van der Waals surface area contributed by atoms with Crippen molar-refractivity contribution in [2.24, 2.45) is 0 Å². The number of rotatable bonds is 8. The number of ether oxygens (including phenoxy) is 1. The summed E-state index contributed by atoms with van der Waals surface area (Å²) in [6.07, 6.45) is 0.0588. The highest BCUT2D eigenvalue weighted by Gasteiger charge is 2.27. The molecule has 2 aromatic carbocycles. The molecule has 0 aliphatic carbocycles. The zero-order chi connectivity index (χ0) is 20.2. The third kappa shape index (κ3) is 6.34. The second kappa shape index (κ2) is 8.86. The van der Waals surface area contributed by atoms with E-state index in [0.29, 0.717) is 27.0 Å². The molecule has 0 heterocycles. The summed E-state index contributed by atoms with van der Waals surface area (Å²) in [6, 6.07) is 8.62. The number of aliphatic hydroxyl groups is 1. The third-order valence-corrected chi connectivity index (χ3v) is 4.33. The Bertz CT molecular complexity index is 790. The molecular formula is C18H18BrClF2N2O3. The first-order valence-electron chi connectivity index (χ1n) is 7.93. The van der Waals surface area contributed by atoms with Gasteiger partial charge in [-0.3, -0.25) is 4.79 Å². The fraction of sp³-hybridized carbons (Fsp3) is 0.278. The van der Waals surface area contributed by atoms with E-state index in [1.807, 2.05) is 0 Å². The number of carbonyl (C=O) groups is 1. The second-order valence-electron chi connectivity index (χ2n) is 5.94. The number of nitrogens with two attached hydrogens (primary N) is 1. The number of hydrogen-bond donors (Lipinski definition) is 3. The first-order chi connectivity index (χ1) is 12.6. The molecule has 146 valence electrons. The highest BCUT2D eigenvalue weighted by atomic mass is 79.9. The van der Waals surface area contributed by atoms with E-state index in [9.17, 15) is 13.6 Å². The molecule has 2 rings (SSSR count). The summed E-state index contributed by atoms with van der Waals surface area (Å²) in [4.78, 5) is 12.5. The van der Waals surface area contributed by atoms with Crippen molar-refractivity contribution < 1.29 is 23.4 Å². The zero-order valence-corrected chi connectivity index (χ0v) is 16.7. The first kappa shape index (κ1) is 21.4. The van der Waals surface area contributed by atoms with E-state index in [1.165, 1.54) is 24.3 Å². The minimum absolute atomic E-state index is 0.0588. The quantitative estimate of drug-likeness (QED) is 0.307. The van der Waals surface area contributed by atoms with Crippen LogP contribution in [0, 0.1) is 0 Å². The van der Waals surface area contributed by atoms with Crippen molar-refractivity contribution in [2.45, 2.75) is 25.0 Å². The minimum Gasteiger partial charge on any atom is -0.420 e. The third-order valence-electron chi connectivity index (χ3n) is 3.63. The Morgan fingerprint density at radius 1 is 1.37 bits per heavy atom. The van der Waals surface area contributed by atoms with Gasteiger partial charge in [-0.2, -0.15) is 0 Å². The molecule has 4 N–H and O–H groups in total. The number of ketones is 1. The molecule has 0 bridgehead atoms. The van der Waals surface area contributed by atoms with Crippen LogP contribution in [0.3, 0.4) is 0 Å². The Kier molecular flexibility index (Phi) is 7.02. The van der Waals surface area contributed by atoms with Gasteiger partial charge in [0.15, 0.2) is 5.78 Å². The Morgan fingerprint density at radius 2 is 2.00 bits per heavy atom. The van der Waals surface area contributed by atoms with Crippen LogP contribution in [0.4, 0.5) is 20.2 Å². The average Bonchev–Trinajstić information content (AvgIpc) is 2.58. The molecule has 0 fully saturated rings. The van der Waals surface area contributed by atoms with Crippen molar-refractivity contribution in [3.05, 3.63) is 52.0 Å². The highest BCUT2D eigenvalue weighted by molar-refractivity contribution is 9.10. The lowest BCUT2D eigenvalue weighted by Gasteiger charge is -2.17. The molecule has 0 saturated heterocycles. The standard InChI is InChI=1S/C18H18BrClF2N2O3/c1-10(9-25)24-17-14(19)7-12(8-15(17)23)16(26)6-11-2-4-13(5-3-11)27-18(20,21)22/h2-5,7-8,10,24-25H,6,9,23H2,1H3. The number of Topliss-reactive ketones (excluding diaryl/α,β-unsaturated/α-hetero) is 1. The van der Waals surface area contributed by atoms with Crippen molar-refractivity contribution in [1.82, 2.24) is 0 Å². The minimum atomic E-state index is -3.79. The van der Waals surface area contributed by atoms with E-state index < -0.39 is 5.57 Å². The summed E-state index contributed by atoms with van der Waals surface area (Å²) < 4.78 is 30.0. The molecule has 5 nitrogen and oxygen atoms in total. The molecule has 0 aliphatic rings. The summed E-state index contributed by atoms with van der Waals surface area (Å²) >= 11 is 8.08. The molecule has 0 saturated carbocycles. The molecule has 0 spiro atoms. The second-order valence-corrected chi connectivity index (χ2v) is 7.24. The number of hydrogen-bond acceptors (Lipinski definition) is 5. The molecule has 0 aromatic heterocycles. The summed E-state index contributed by atoms with van der Waals surface area (Å²) in [6.45, 7) is 1.72. The molecule has 0 amide bonds. The van der Waals surface area contributed by atoms with E-state index in [4.69, 9.17) is 22.4 Å². The smallest absolute Gasteiger partial charge is 0.420 e. The van der Waals surface area contributed by atoms with E-state index in [2.05, 4.69) is 26.0 Å². The maximum atomic E-state index is 12.6. The predicted molar refractivity (Wildman–Crippen MR) is 105 cm³/mol. The van der Waals surface area contributed by atoms with Gasteiger partial charge in [0.05, 0.1) is 18.0 Å². The van der Waals surface area contributed by atoms with Crippen LogP contribution < -0.4 is 15.8 Å². The number of halogens is 4. The van der Waals surface area contributed by atoms with Crippen molar-refractivity contribution in [1.29, 1.82) is 0 Å². The Morgan fingerprint density at radius 3 is 2.52 bits per heavy atom. The molecular weight excluding hydrogens is 446 g/mol. The fourth-order valence-corrected chi connectivity index (χ4v) is 3.01. The van der Waals surface area contributed by atoms with Gasteiger partial charge in [0.2, 0.25) is 0 Å². The maximum absolute atomic E-state index is 12.6. The van der Waals surface area contributed by atoms with E-state index in [1.54, 1.807) is 19.1 Å². The van der Waals surface area contributed by atoms with Crippen LogP contribution in [-0.4, -0.2) is 29.1 Å². The van der Waals surface area contributed by atoms with Crippen LogP contribution in [0.5, 0.6) is 5.75 Å². The van der Waals surface area contributed by atoms with Gasteiger partial charge in [-0.05, 0) is 52.7 Å². The first-order valence-corrected chi connectivity index (χ1v) is 9.10.